The standard InChI is InChI=1S/C14H18O/c15-14(12-4-2-1-3-5-12)13(10-6-7-10)11-8-9-11/h1-5,10-11,13-15H,6-9H2. The number of aliphatic hydroxyl groups is 1. The van der Waals surface area contributed by atoms with Crippen LogP contribution in [0.2, 0.25) is 0 Å². The molecule has 2 fully saturated rings. The lowest BCUT2D eigenvalue weighted by Gasteiger charge is -2.22. The van der Waals surface area contributed by atoms with E-state index in [-0.39, 0.29) is 6.10 Å². The Morgan fingerprint density at radius 2 is 1.47 bits per heavy atom. The summed E-state index contributed by atoms with van der Waals surface area (Å²) in [5.41, 5.74) is 1.11. The molecule has 0 bridgehead atoms. The summed E-state index contributed by atoms with van der Waals surface area (Å²) in [6.07, 6.45) is 5.14. The predicted molar refractivity (Wildman–Crippen MR) is 60.3 cm³/mol. The zero-order valence-electron chi connectivity index (χ0n) is 8.97. The van der Waals surface area contributed by atoms with E-state index in [4.69, 9.17) is 0 Å². The predicted octanol–water partition coefficient (Wildman–Crippen LogP) is 3.16. The first-order valence-corrected chi connectivity index (χ1v) is 6.09. The maximum atomic E-state index is 10.4. The molecule has 0 spiro atoms. The van der Waals surface area contributed by atoms with Crippen LogP contribution in [0.4, 0.5) is 0 Å². The molecule has 1 aromatic carbocycles. The maximum Gasteiger partial charge on any atom is 0.0823 e. The molecule has 1 heteroatoms. The molecule has 1 N–H and O–H groups in total. The molecule has 2 aliphatic rings. The molecule has 1 atom stereocenters. The lowest BCUT2D eigenvalue weighted by molar-refractivity contribution is 0.0821. The lowest BCUT2D eigenvalue weighted by Crippen LogP contribution is -2.16. The molecule has 15 heavy (non-hydrogen) atoms. The van der Waals surface area contributed by atoms with Crippen molar-refractivity contribution < 1.29 is 5.11 Å². The van der Waals surface area contributed by atoms with Crippen molar-refractivity contribution in [2.45, 2.75) is 31.8 Å². The van der Waals surface area contributed by atoms with Crippen LogP contribution in [0.3, 0.4) is 0 Å². The molecule has 1 nitrogen and oxygen atoms in total. The molecule has 0 heterocycles. The van der Waals surface area contributed by atoms with Gasteiger partial charge < -0.3 is 5.11 Å². The normalized spacial score (nSPS) is 23.1. The molecule has 0 aromatic heterocycles. The second-order valence-corrected chi connectivity index (χ2v) is 5.11. The summed E-state index contributed by atoms with van der Waals surface area (Å²) < 4.78 is 0. The fourth-order valence-corrected chi connectivity index (χ4v) is 2.74. The Morgan fingerprint density at radius 3 is 1.93 bits per heavy atom. The van der Waals surface area contributed by atoms with Gasteiger partial charge in [-0.1, -0.05) is 30.3 Å². The van der Waals surface area contributed by atoms with Crippen molar-refractivity contribution in [3.05, 3.63) is 35.9 Å². The highest BCUT2D eigenvalue weighted by molar-refractivity contribution is 5.19. The second kappa shape index (κ2) is 3.64. The molecule has 80 valence electrons. The van der Waals surface area contributed by atoms with Gasteiger partial charge in [0.1, 0.15) is 0 Å². The summed E-state index contributed by atoms with van der Waals surface area (Å²) in [7, 11) is 0. The SMILES string of the molecule is OC(c1ccccc1)C(C1CC1)C1CC1. The largest absolute Gasteiger partial charge is 0.388 e. The molecular formula is C14H18O. The maximum absolute atomic E-state index is 10.4. The summed E-state index contributed by atoms with van der Waals surface area (Å²) in [6.45, 7) is 0. The molecule has 0 aliphatic heterocycles. The van der Waals surface area contributed by atoms with E-state index in [1.54, 1.807) is 0 Å². The third-order valence-corrected chi connectivity index (χ3v) is 3.84. The minimum absolute atomic E-state index is 0.216. The van der Waals surface area contributed by atoms with Crippen molar-refractivity contribution in [2.75, 3.05) is 0 Å². The zero-order valence-corrected chi connectivity index (χ0v) is 8.97. The van der Waals surface area contributed by atoms with Crippen molar-refractivity contribution in [1.29, 1.82) is 0 Å². The number of hydrogen-bond acceptors (Lipinski definition) is 1. The van der Waals surface area contributed by atoms with Gasteiger partial charge in [0.2, 0.25) is 0 Å². The second-order valence-electron chi connectivity index (χ2n) is 5.11. The average Bonchev–Trinajstić information content (AvgIpc) is 3.14. The molecule has 0 radical (unpaired) electrons. The number of rotatable bonds is 4. The lowest BCUT2D eigenvalue weighted by atomic mass is 9.87. The van der Waals surface area contributed by atoms with Crippen LogP contribution >= 0.6 is 0 Å². The van der Waals surface area contributed by atoms with Crippen molar-refractivity contribution in [2.24, 2.45) is 17.8 Å². The van der Waals surface area contributed by atoms with Crippen LogP contribution in [0.1, 0.15) is 37.4 Å². The van der Waals surface area contributed by atoms with Gasteiger partial charge in [-0.3, -0.25) is 0 Å². The Hall–Kier alpha value is -0.820. The number of benzene rings is 1. The molecule has 2 saturated carbocycles. The highest BCUT2D eigenvalue weighted by Gasteiger charge is 2.45. The van der Waals surface area contributed by atoms with Crippen molar-refractivity contribution in [3.63, 3.8) is 0 Å². The first-order chi connectivity index (χ1) is 7.36. The van der Waals surface area contributed by atoms with Crippen LogP contribution in [0.5, 0.6) is 0 Å². The van der Waals surface area contributed by atoms with E-state index in [2.05, 4.69) is 12.1 Å². The molecule has 1 aromatic rings. The topological polar surface area (TPSA) is 20.2 Å². The van der Waals surface area contributed by atoms with Gasteiger partial charge in [-0.2, -0.15) is 0 Å². The highest BCUT2D eigenvalue weighted by atomic mass is 16.3. The van der Waals surface area contributed by atoms with Gasteiger partial charge in [-0.25, -0.2) is 0 Å². The van der Waals surface area contributed by atoms with E-state index < -0.39 is 0 Å². The third-order valence-electron chi connectivity index (χ3n) is 3.84. The van der Waals surface area contributed by atoms with E-state index in [1.165, 1.54) is 25.7 Å². The van der Waals surface area contributed by atoms with Gasteiger partial charge in [0.25, 0.3) is 0 Å². The summed E-state index contributed by atoms with van der Waals surface area (Å²) in [5.74, 6) is 2.17. The summed E-state index contributed by atoms with van der Waals surface area (Å²) in [4.78, 5) is 0. The van der Waals surface area contributed by atoms with Gasteiger partial charge in [-0.15, -0.1) is 0 Å². The van der Waals surface area contributed by atoms with Crippen LogP contribution in [0.15, 0.2) is 30.3 Å². The summed E-state index contributed by atoms with van der Waals surface area (Å²) in [6, 6.07) is 10.2. The average molecular weight is 202 g/mol. The van der Waals surface area contributed by atoms with Crippen molar-refractivity contribution >= 4 is 0 Å². The zero-order chi connectivity index (χ0) is 10.3. The molecule has 0 saturated heterocycles. The Kier molecular flexibility index (Phi) is 2.28. The van der Waals surface area contributed by atoms with E-state index in [0.717, 1.165) is 17.4 Å². The number of aliphatic hydroxyl groups excluding tert-OH is 1. The van der Waals surface area contributed by atoms with Gasteiger partial charge in [0, 0.05) is 0 Å². The molecular weight excluding hydrogens is 184 g/mol. The minimum Gasteiger partial charge on any atom is -0.388 e. The van der Waals surface area contributed by atoms with Crippen molar-refractivity contribution in [3.8, 4) is 0 Å². The third kappa shape index (κ3) is 1.93. The first-order valence-electron chi connectivity index (χ1n) is 6.09. The highest BCUT2D eigenvalue weighted by Crippen LogP contribution is 2.53. The van der Waals surface area contributed by atoms with Crippen LogP contribution in [-0.4, -0.2) is 5.11 Å². The van der Waals surface area contributed by atoms with Crippen LogP contribution in [0, 0.1) is 17.8 Å². The van der Waals surface area contributed by atoms with Crippen LogP contribution < -0.4 is 0 Å². The molecule has 2 aliphatic carbocycles. The van der Waals surface area contributed by atoms with E-state index in [9.17, 15) is 5.11 Å². The molecule has 3 rings (SSSR count). The smallest absolute Gasteiger partial charge is 0.0823 e. The Morgan fingerprint density at radius 1 is 0.933 bits per heavy atom. The number of hydrogen-bond donors (Lipinski definition) is 1. The monoisotopic (exact) mass is 202 g/mol. The van der Waals surface area contributed by atoms with Crippen LogP contribution in [0.25, 0.3) is 0 Å². The fraction of sp³-hybridized carbons (Fsp3) is 0.571. The van der Waals surface area contributed by atoms with E-state index in [1.807, 2.05) is 18.2 Å². The Labute approximate surface area is 91.1 Å². The minimum atomic E-state index is -0.216. The first kappa shape index (κ1) is 9.41. The fourth-order valence-electron chi connectivity index (χ4n) is 2.74. The summed E-state index contributed by atoms with van der Waals surface area (Å²) in [5, 5.41) is 10.4. The van der Waals surface area contributed by atoms with Crippen molar-refractivity contribution in [1.82, 2.24) is 0 Å². The Balaban J connectivity index is 1.79. The van der Waals surface area contributed by atoms with E-state index >= 15 is 0 Å². The Bertz CT molecular complexity index is 312. The van der Waals surface area contributed by atoms with Gasteiger partial charge in [0.05, 0.1) is 6.10 Å². The van der Waals surface area contributed by atoms with Crippen LogP contribution in [-0.2, 0) is 0 Å². The van der Waals surface area contributed by atoms with Gasteiger partial charge >= 0.3 is 0 Å². The van der Waals surface area contributed by atoms with Gasteiger partial charge in [0.15, 0.2) is 0 Å². The quantitative estimate of drug-likeness (QED) is 0.795. The molecule has 1 unspecified atom stereocenters. The molecule has 0 amide bonds. The van der Waals surface area contributed by atoms with E-state index in [0.29, 0.717) is 5.92 Å². The van der Waals surface area contributed by atoms with Gasteiger partial charge in [-0.05, 0) is 49.0 Å². The summed E-state index contributed by atoms with van der Waals surface area (Å²) >= 11 is 0.